The van der Waals surface area contributed by atoms with Crippen molar-refractivity contribution in [2.24, 2.45) is 0 Å². The molecule has 0 fully saturated rings. The Morgan fingerprint density at radius 2 is 1.74 bits per heavy atom. The molecule has 3 amide bonds. The lowest BCUT2D eigenvalue weighted by atomic mass is 10.1. The van der Waals surface area contributed by atoms with Crippen molar-refractivity contribution in [1.29, 1.82) is 0 Å². The molecule has 34 heavy (non-hydrogen) atoms. The minimum Gasteiger partial charge on any atom is -0.352 e. The number of aromatic nitrogens is 1. The lowest BCUT2D eigenvalue weighted by Crippen LogP contribution is -2.24. The number of hydrogen-bond acceptors (Lipinski definition) is 6. The Hall–Kier alpha value is -3.89. The van der Waals surface area contributed by atoms with E-state index in [9.17, 15) is 18.8 Å². The molecule has 0 radical (unpaired) electrons. The Morgan fingerprint density at radius 1 is 0.912 bits per heavy atom. The van der Waals surface area contributed by atoms with Crippen molar-refractivity contribution in [2.45, 2.75) is 13.0 Å². The molecule has 4 aromatic rings. The standard InChI is InChI=1S/C24H19FN4O3S2/c25-17-8-6-16(7-9-17)22(31)27-18-4-1-3-15(11-18)13-26-21(30)12-19-14-34-24(28-19)29-23(32)20-5-2-10-33-20/h1-11,14H,12-13H2,(H,26,30)(H,27,31)(H,28,29,32). The third-order valence-electron chi connectivity index (χ3n) is 4.64. The summed E-state index contributed by atoms with van der Waals surface area (Å²) in [7, 11) is 0. The number of amides is 3. The molecule has 0 spiro atoms. The SMILES string of the molecule is O=C(Cc1csc(NC(=O)c2cccs2)n1)NCc1cccc(NC(=O)c2ccc(F)cc2)c1. The third kappa shape index (κ3) is 6.33. The van der Waals surface area contributed by atoms with Gasteiger partial charge in [-0.2, -0.15) is 0 Å². The molecule has 0 aliphatic heterocycles. The van der Waals surface area contributed by atoms with Crippen LogP contribution in [0.25, 0.3) is 0 Å². The van der Waals surface area contributed by atoms with Crippen molar-refractivity contribution in [1.82, 2.24) is 10.3 Å². The first kappa shape index (κ1) is 23.3. The van der Waals surface area contributed by atoms with Crippen LogP contribution in [0.15, 0.2) is 71.4 Å². The Labute approximate surface area is 202 Å². The molecule has 0 saturated heterocycles. The highest BCUT2D eigenvalue weighted by Gasteiger charge is 2.12. The summed E-state index contributed by atoms with van der Waals surface area (Å²) in [5, 5.41) is 12.3. The first-order valence-electron chi connectivity index (χ1n) is 10.2. The predicted octanol–water partition coefficient (Wildman–Crippen LogP) is 4.71. The molecular formula is C24H19FN4O3S2. The van der Waals surface area contributed by atoms with Gasteiger partial charge in [-0.1, -0.05) is 18.2 Å². The van der Waals surface area contributed by atoms with Crippen molar-refractivity contribution in [2.75, 3.05) is 10.6 Å². The van der Waals surface area contributed by atoms with Gasteiger partial charge in [0.05, 0.1) is 17.0 Å². The van der Waals surface area contributed by atoms with Crippen LogP contribution in [0.2, 0.25) is 0 Å². The Bertz CT molecular complexity index is 1300. The molecule has 0 unspecified atom stereocenters. The van der Waals surface area contributed by atoms with Crippen molar-refractivity contribution in [3.63, 3.8) is 0 Å². The molecule has 3 N–H and O–H groups in total. The summed E-state index contributed by atoms with van der Waals surface area (Å²) in [6, 6.07) is 15.9. The molecule has 0 atom stereocenters. The monoisotopic (exact) mass is 494 g/mol. The highest BCUT2D eigenvalue weighted by atomic mass is 32.1. The fourth-order valence-corrected chi connectivity index (χ4v) is 4.33. The van der Waals surface area contributed by atoms with Crippen molar-refractivity contribution < 1.29 is 18.8 Å². The number of thiophene rings is 1. The number of nitrogens with zero attached hydrogens (tertiary/aromatic N) is 1. The first-order valence-corrected chi connectivity index (χ1v) is 11.9. The zero-order chi connectivity index (χ0) is 23.9. The molecule has 7 nitrogen and oxygen atoms in total. The molecule has 0 aliphatic carbocycles. The smallest absolute Gasteiger partial charge is 0.267 e. The van der Waals surface area contributed by atoms with Crippen molar-refractivity contribution in [3.05, 3.63) is 98.9 Å². The summed E-state index contributed by atoms with van der Waals surface area (Å²) in [5.41, 5.74) is 2.26. The number of halogens is 1. The van der Waals surface area contributed by atoms with Gasteiger partial charge in [0, 0.05) is 23.2 Å². The van der Waals surface area contributed by atoms with Gasteiger partial charge in [-0.3, -0.25) is 19.7 Å². The Morgan fingerprint density at radius 3 is 2.50 bits per heavy atom. The topological polar surface area (TPSA) is 100 Å². The van der Waals surface area contributed by atoms with Gasteiger partial charge >= 0.3 is 0 Å². The molecule has 10 heteroatoms. The average molecular weight is 495 g/mol. The van der Waals surface area contributed by atoms with Gasteiger partial charge in [0.1, 0.15) is 5.82 Å². The van der Waals surface area contributed by atoms with E-state index in [1.165, 1.54) is 46.9 Å². The fourth-order valence-electron chi connectivity index (χ4n) is 3.00. The molecule has 0 aliphatic rings. The van der Waals surface area contributed by atoms with Crippen LogP contribution in [0, 0.1) is 5.82 Å². The van der Waals surface area contributed by atoms with Crippen LogP contribution in [0.5, 0.6) is 0 Å². The number of anilines is 2. The van der Waals surface area contributed by atoms with E-state index in [4.69, 9.17) is 0 Å². The van der Waals surface area contributed by atoms with E-state index < -0.39 is 5.82 Å². The first-order chi connectivity index (χ1) is 16.5. The summed E-state index contributed by atoms with van der Waals surface area (Å²) in [6.45, 7) is 0.269. The number of carbonyl (C=O) groups is 3. The molecule has 0 saturated carbocycles. The van der Waals surface area contributed by atoms with Crippen LogP contribution in [-0.2, 0) is 17.8 Å². The highest BCUT2D eigenvalue weighted by molar-refractivity contribution is 7.14. The summed E-state index contributed by atoms with van der Waals surface area (Å²) in [6.07, 6.45) is 0.0758. The van der Waals surface area contributed by atoms with Gasteiger partial charge in [0.15, 0.2) is 5.13 Å². The fraction of sp³-hybridized carbons (Fsp3) is 0.0833. The highest BCUT2D eigenvalue weighted by Crippen LogP contribution is 2.18. The van der Waals surface area contributed by atoms with Crippen LogP contribution < -0.4 is 16.0 Å². The van der Waals surface area contributed by atoms with E-state index in [-0.39, 0.29) is 30.7 Å². The number of hydrogen-bond donors (Lipinski definition) is 3. The zero-order valence-electron chi connectivity index (χ0n) is 17.7. The van der Waals surface area contributed by atoms with E-state index in [0.29, 0.717) is 27.0 Å². The minimum atomic E-state index is -0.411. The van der Waals surface area contributed by atoms with Crippen LogP contribution in [0.3, 0.4) is 0 Å². The summed E-state index contributed by atoms with van der Waals surface area (Å²) in [4.78, 5) is 41.6. The summed E-state index contributed by atoms with van der Waals surface area (Å²) in [5.74, 6) is -1.22. The molecule has 2 heterocycles. The maximum absolute atomic E-state index is 13.0. The minimum absolute atomic E-state index is 0.0758. The third-order valence-corrected chi connectivity index (χ3v) is 6.31. The maximum atomic E-state index is 13.0. The lowest BCUT2D eigenvalue weighted by molar-refractivity contribution is -0.120. The second-order valence-electron chi connectivity index (χ2n) is 7.19. The summed E-state index contributed by atoms with van der Waals surface area (Å²) < 4.78 is 13.0. The van der Waals surface area contributed by atoms with Crippen LogP contribution in [0.4, 0.5) is 15.2 Å². The van der Waals surface area contributed by atoms with E-state index in [2.05, 4.69) is 20.9 Å². The van der Waals surface area contributed by atoms with Crippen LogP contribution in [-0.4, -0.2) is 22.7 Å². The number of benzene rings is 2. The van der Waals surface area contributed by atoms with Gasteiger partial charge < -0.3 is 10.6 Å². The van der Waals surface area contributed by atoms with Gasteiger partial charge in [0.2, 0.25) is 5.91 Å². The van der Waals surface area contributed by atoms with Crippen LogP contribution in [0.1, 0.15) is 31.3 Å². The molecule has 2 aromatic carbocycles. The number of thiazole rings is 1. The zero-order valence-corrected chi connectivity index (χ0v) is 19.3. The number of nitrogens with one attached hydrogen (secondary N) is 3. The number of rotatable bonds is 8. The maximum Gasteiger partial charge on any atom is 0.267 e. The molecule has 172 valence electrons. The summed E-state index contributed by atoms with van der Waals surface area (Å²) >= 11 is 2.60. The van der Waals surface area contributed by atoms with Crippen molar-refractivity contribution >= 4 is 51.2 Å². The second kappa shape index (κ2) is 10.8. The van der Waals surface area contributed by atoms with Crippen LogP contribution >= 0.6 is 22.7 Å². The largest absolute Gasteiger partial charge is 0.352 e. The molecule has 2 aromatic heterocycles. The quantitative estimate of drug-likeness (QED) is 0.330. The molecular weight excluding hydrogens is 475 g/mol. The van der Waals surface area contributed by atoms with Crippen molar-refractivity contribution in [3.8, 4) is 0 Å². The van der Waals surface area contributed by atoms with E-state index >= 15 is 0 Å². The molecule has 0 bridgehead atoms. The van der Waals surface area contributed by atoms with E-state index in [1.54, 1.807) is 35.7 Å². The number of carbonyl (C=O) groups excluding carboxylic acids is 3. The lowest BCUT2D eigenvalue weighted by Gasteiger charge is -2.09. The van der Waals surface area contributed by atoms with Gasteiger partial charge in [0.25, 0.3) is 11.8 Å². The molecule has 4 rings (SSSR count). The van der Waals surface area contributed by atoms with E-state index in [1.807, 2.05) is 11.4 Å². The predicted molar refractivity (Wildman–Crippen MR) is 131 cm³/mol. The average Bonchev–Trinajstić information content (AvgIpc) is 3.51. The van der Waals surface area contributed by atoms with E-state index in [0.717, 1.165) is 5.56 Å². The van der Waals surface area contributed by atoms with Gasteiger partial charge in [-0.25, -0.2) is 9.37 Å². The Kier molecular flexibility index (Phi) is 7.41. The van der Waals surface area contributed by atoms with Gasteiger partial charge in [-0.05, 0) is 53.4 Å². The second-order valence-corrected chi connectivity index (χ2v) is 9.00. The van der Waals surface area contributed by atoms with Gasteiger partial charge in [-0.15, -0.1) is 22.7 Å². The normalized spacial score (nSPS) is 10.5. The Balaban J connectivity index is 1.27.